The van der Waals surface area contributed by atoms with Crippen LogP contribution in [-0.2, 0) is 17.9 Å². The van der Waals surface area contributed by atoms with E-state index in [9.17, 15) is 4.79 Å². The minimum absolute atomic E-state index is 0.121. The van der Waals surface area contributed by atoms with Gasteiger partial charge < -0.3 is 10.2 Å². The van der Waals surface area contributed by atoms with Gasteiger partial charge in [-0.3, -0.25) is 4.79 Å². The molecule has 116 valence electrons. The number of aryl methyl sites for hydroxylation is 1. The lowest BCUT2D eigenvalue weighted by molar-refractivity contribution is -0.122. The summed E-state index contributed by atoms with van der Waals surface area (Å²) >= 11 is 0. The van der Waals surface area contributed by atoms with Gasteiger partial charge in [0.05, 0.1) is 12.2 Å². The molecule has 0 unspecified atom stereocenters. The maximum Gasteiger partial charge on any atom is 0.242 e. The van der Waals surface area contributed by atoms with Crippen LogP contribution < -0.4 is 10.2 Å². The summed E-state index contributed by atoms with van der Waals surface area (Å²) in [6.07, 6.45) is 5.28. The summed E-state index contributed by atoms with van der Waals surface area (Å²) in [5, 5.41) is 6.75. The van der Waals surface area contributed by atoms with Gasteiger partial charge in [0.1, 0.15) is 19.2 Å². The predicted octanol–water partition coefficient (Wildman–Crippen LogP) is 0.293. The largest absolute Gasteiger partial charge is 0.349 e. The number of carbonyl (C=O) groups is 1. The number of aromatic nitrogens is 5. The zero-order valence-electron chi connectivity index (χ0n) is 12.6. The zero-order chi connectivity index (χ0) is 15.4. The highest BCUT2D eigenvalue weighted by molar-refractivity contribution is 5.75. The lowest BCUT2D eigenvalue weighted by Gasteiger charge is -2.16. The maximum atomic E-state index is 11.9. The molecule has 0 aliphatic carbocycles. The third-order valence-electron chi connectivity index (χ3n) is 3.52. The average molecular weight is 301 g/mol. The number of carbonyl (C=O) groups excluding carboxylic acids is 1. The molecule has 0 atom stereocenters. The molecule has 2 aromatic heterocycles. The molecule has 8 nitrogen and oxygen atoms in total. The van der Waals surface area contributed by atoms with Crippen LogP contribution in [0.2, 0.25) is 0 Å². The number of rotatable bonds is 5. The van der Waals surface area contributed by atoms with Crippen LogP contribution in [0.15, 0.2) is 18.7 Å². The first-order chi connectivity index (χ1) is 10.7. The van der Waals surface area contributed by atoms with Crippen molar-refractivity contribution in [2.24, 2.45) is 0 Å². The standard InChI is InChI=1S/C14H19N7O/c1-11-6-12(19-14(18-11)20-4-2-3-5-20)7-16-13(22)8-21-10-15-9-17-21/h6,9-10H,2-5,7-8H2,1H3,(H,16,22). The van der Waals surface area contributed by atoms with Crippen molar-refractivity contribution < 1.29 is 4.79 Å². The Morgan fingerprint density at radius 3 is 2.86 bits per heavy atom. The second kappa shape index (κ2) is 6.50. The van der Waals surface area contributed by atoms with Gasteiger partial charge in [0, 0.05) is 18.8 Å². The van der Waals surface area contributed by atoms with Crippen LogP contribution >= 0.6 is 0 Å². The van der Waals surface area contributed by atoms with E-state index in [0.29, 0.717) is 6.54 Å². The number of nitrogens with one attached hydrogen (secondary N) is 1. The second-order valence-corrected chi connectivity index (χ2v) is 5.36. The number of hydrogen-bond acceptors (Lipinski definition) is 6. The summed E-state index contributed by atoms with van der Waals surface area (Å²) in [7, 11) is 0. The molecule has 0 aromatic carbocycles. The van der Waals surface area contributed by atoms with Crippen molar-refractivity contribution in [3.63, 3.8) is 0 Å². The number of amides is 1. The first-order valence-corrected chi connectivity index (χ1v) is 7.39. The van der Waals surface area contributed by atoms with Gasteiger partial charge in [-0.2, -0.15) is 5.10 Å². The molecule has 3 heterocycles. The molecule has 0 radical (unpaired) electrons. The van der Waals surface area contributed by atoms with Crippen LogP contribution in [0.4, 0.5) is 5.95 Å². The molecule has 3 rings (SSSR count). The van der Waals surface area contributed by atoms with E-state index in [1.165, 1.54) is 30.2 Å². The summed E-state index contributed by atoms with van der Waals surface area (Å²) in [5.41, 5.74) is 1.73. The second-order valence-electron chi connectivity index (χ2n) is 5.36. The Balaban J connectivity index is 1.60. The Bertz CT molecular complexity index is 635. The molecule has 2 aromatic rings. The Labute approximate surface area is 128 Å². The van der Waals surface area contributed by atoms with E-state index >= 15 is 0 Å². The molecule has 1 aliphatic heterocycles. The summed E-state index contributed by atoms with van der Waals surface area (Å²) in [6, 6.07) is 1.90. The molecule has 8 heteroatoms. The topological polar surface area (TPSA) is 88.8 Å². The van der Waals surface area contributed by atoms with E-state index in [4.69, 9.17) is 0 Å². The quantitative estimate of drug-likeness (QED) is 0.854. The minimum Gasteiger partial charge on any atom is -0.349 e. The number of nitrogens with zero attached hydrogens (tertiary/aromatic N) is 6. The highest BCUT2D eigenvalue weighted by Crippen LogP contribution is 2.16. The van der Waals surface area contributed by atoms with Gasteiger partial charge in [-0.05, 0) is 25.8 Å². The fourth-order valence-corrected chi connectivity index (χ4v) is 2.47. The van der Waals surface area contributed by atoms with Gasteiger partial charge >= 0.3 is 0 Å². The Hall–Kier alpha value is -2.51. The monoisotopic (exact) mass is 301 g/mol. The summed E-state index contributed by atoms with van der Waals surface area (Å²) < 4.78 is 1.48. The van der Waals surface area contributed by atoms with E-state index in [0.717, 1.165) is 30.4 Å². The third kappa shape index (κ3) is 3.57. The molecule has 1 saturated heterocycles. The fourth-order valence-electron chi connectivity index (χ4n) is 2.47. The Morgan fingerprint density at radius 2 is 2.14 bits per heavy atom. The molecule has 1 amide bonds. The fraction of sp³-hybridized carbons (Fsp3) is 0.500. The average Bonchev–Trinajstić information content (AvgIpc) is 3.18. The first kappa shape index (κ1) is 14.4. The summed E-state index contributed by atoms with van der Waals surface area (Å²) in [4.78, 5) is 26.9. The normalized spacial score (nSPS) is 14.3. The molecule has 0 saturated carbocycles. The zero-order valence-corrected chi connectivity index (χ0v) is 12.6. The van der Waals surface area contributed by atoms with Crippen molar-refractivity contribution in [2.45, 2.75) is 32.9 Å². The van der Waals surface area contributed by atoms with Gasteiger partial charge in [-0.15, -0.1) is 0 Å². The van der Waals surface area contributed by atoms with Crippen molar-refractivity contribution in [3.8, 4) is 0 Å². The SMILES string of the molecule is Cc1cc(CNC(=O)Cn2cncn2)nc(N2CCCC2)n1. The van der Waals surface area contributed by atoms with E-state index in [1.807, 2.05) is 13.0 Å². The van der Waals surface area contributed by atoms with Gasteiger partial charge in [0.15, 0.2) is 0 Å². The Kier molecular flexibility index (Phi) is 4.27. The van der Waals surface area contributed by atoms with Crippen molar-refractivity contribution >= 4 is 11.9 Å². The molecule has 0 bridgehead atoms. The molecule has 1 fully saturated rings. The molecule has 0 spiro atoms. The van der Waals surface area contributed by atoms with Crippen molar-refractivity contribution in [1.29, 1.82) is 0 Å². The van der Waals surface area contributed by atoms with Gasteiger partial charge in [-0.1, -0.05) is 0 Å². The van der Waals surface area contributed by atoms with E-state index in [1.54, 1.807) is 0 Å². The first-order valence-electron chi connectivity index (χ1n) is 7.39. The van der Waals surface area contributed by atoms with Crippen LogP contribution in [0.5, 0.6) is 0 Å². The molecule has 22 heavy (non-hydrogen) atoms. The third-order valence-corrected chi connectivity index (χ3v) is 3.52. The smallest absolute Gasteiger partial charge is 0.242 e. The van der Waals surface area contributed by atoms with Gasteiger partial charge in [0.25, 0.3) is 0 Å². The van der Waals surface area contributed by atoms with E-state index in [-0.39, 0.29) is 12.5 Å². The molecule has 1 N–H and O–H groups in total. The lowest BCUT2D eigenvalue weighted by Crippen LogP contribution is -2.28. The molecular weight excluding hydrogens is 282 g/mol. The summed E-state index contributed by atoms with van der Waals surface area (Å²) in [6.45, 7) is 4.49. The van der Waals surface area contributed by atoms with Crippen LogP contribution in [0.3, 0.4) is 0 Å². The summed E-state index contributed by atoms with van der Waals surface area (Å²) in [5.74, 6) is 0.641. The molecule has 1 aliphatic rings. The molecular formula is C14H19N7O. The van der Waals surface area contributed by atoms with Crippen molar-refractivity contribution in [2.75, 3.05) is 18.0 Å². The lowest BCUT2D eigenvalue weighted by atomic mass is 10.3. The van der Waals surface area contributed by atoms with Crippen molar-refractivity contribution in [3.05, 3.63) is 30.1 Å². The highest BCUT2D eigenvalue weighted by Gasteiger charge is 2.16. The van der Waals surface area contributed by atoms with Crippen LogP contribution in [0.25, 0.3) is 0 Å². The van der Waals surface area contributed by atoms with Crippen LogP contribution in [-0.4, -0.2) is 43.7 Å². The highest BCUT2D eigenvalue weighted by atomic mass is 16.2. The number of hydrogen-bond donors (Lipinski definition) is 1. The predicted molar refractivity (Wildman–Crippen MR) is 80.1 cm³/mol. The Morgan fingerprint density at radius 1 is 1.32 bits per heavy atom. The van der Waals surface area contributed by atoms with Crippen molar-refractivity contribution in [1.82, 2.24) is 30.0 Å². The van der Waals surface area contributed by atoms with Crippen LogP contribution in [0, 0.1) is 6.92 Å². The van der Waals surface area contributed by atoms with Gasteiger partial charge in [0.2, 0.25) is 11.9 Å². The van der Waals surface area contributed by atoms with E-state index in [2.05, 4.69) is 30.3 Å². The minimum atomic E-state index is -0.121. The van der Waals surface area contributed by atoms with E-state index < -0.39 is 0 Å². The number of anilines is 1. The van der Waals surface area contributed by atoms with Gasteiger partial charge in [-0.25, -0.2) is 19.6 Å². The van der Waals surface area contributed by atoms with Crippen LogP contribution in [0.1, 0.15) is 24.2 Å². The maximum absolute atomic E-state index is 11.9.